The molecule has 6 nitrogen and oxygen atoms in total. The van der Waals surface area contributed by atoms with Gasteiger partial charge in [0, 0.05) is 11.8 Å². The number of nitrogens with one attached hydrogen (secondary N) is 1. The fourth-order valence-corrected chi connectivity index (χ4v) is 1.94. The Morgan fingerprint density at radius 2 is 1.95 bits per heavy atom. The number of carbonyl (C=O) groups is 1. The van der Waals surface area contributed by atoms with Crippen molar-refractivity contribution in [1.29, 1.82) is 5.26 Å². The van der Waals surface area contributed by atoms with Crippen LogP contribution in [0.3, 0.4) is 0 Å². The van der Waals surface area contributed by atoms with Crippen LogP contribution < -0.4 is 19.5 Å². The fourth-order valence-electron chi connectivity index (χ4n) is 1.94. The van der Waals surface area contributed by atoms with E-state index in [1.807, 2.05) is 6.07 Å². The summed E-state index contributed by atoms with van der Waals surface area (Å²) >= 11 is 0. The van der Waals surface area contributed by atoms with Gasteiger partial charge in [0.05, 0.1) is 11.6 Å². The van der Waals surface area contributed by atoms with Crippen molar-refractivity contribution in [1.82, 2.24) is 0 Å². The molecule has 22 heavy (non-hydrogen) atoms. The van der Waals surface area contributed by atoms with Gasteiger partial charge in [0.2, 0.25) is 6.79 Å². The molecule has 3 rings (SSSR count). The topological polar surface area (TPSA) is 80.6 Å². The second kappa shape index (κ2) is 6.06. The van der Waals surface area contributed by atoms with E-state index in [1.165, 1.54) is 0 Å². The van der Waals surface area contributed by atoms with Crippen LogP contribution in [0.2, 0.25) is 0 Å². The molecule has 0 saturated carbocycles. The Morgan fingerprint density at radius 1 is 1.18 bits per heavy atom. The fraction of sp³-hybridized carbons (Fsp3) is 0.125. The van der Waals surface area contributed by atoms with Crippen LogP contribution in [0.5, 0.6) is 17.2 Å². The van der Waals surface area contributed by atoms with E-state index < -0.39 is 0 Å². The number of carbonyl (C=O) groups excluding carboxylic acids is 1. The molecule has 0 unspecified atom stereocenters. The van der Waals surface area contributed by atoms with Crippen LogP contribution in [0.1, 0.15) is 5.56 Å². The minimum absolute atomic E-state index is 0.125. The van der Waals surface area contributed by atoms with Gasteiger partial charge in [-0.15, -0.1) is 0 Å². The van der Waals surface area contributed by atoms with E-state index in [0.29, 0.717) is 28.5 Å². The Morgan fingerprint density at radius 3 is 2.73 bits per heavy atom. The van der Waals surface area contributed by atoms with E-state index in [2.05, 4.69) is 5.32 Å². The van der Waals surface area contributed by atoms with Crippen LogP contribution in [-0.4, -0.2) is 19.3 Å². The van der Waals surface area contributed by atoms with Gasteiger partial charge in [-0.2, -0.15) is 5.26 Å². The van der Waals surface area contributed by atoms with E-state index in [0.717, 1.165) is 0 Å². The summed E-state index contributed by atoms with van der Waals surface area (Å²) in [6.45, 7) is 0.0671. The number of ether oxygens (including phenoxy) is 3. The van der Waals surface area contributed by atoms with Crippen molar-refractivity contribution in [2.45, 2.75) is 0 Å². The molecule has 0 fully saturated rings. The molecule has 0 bridgehead atoms. The van der Waals surface area contributed by atoms with Crippen molar-refractivity contribution in [3.63, 3.8) is 0 Å². The van der Waals surface area contributed by atoms with Crippen molar-refractivity contribution >= 4 is 11.6 Å². The van der Waals surface area contributed by atoms with Crippen molar-refractivity contribution in [3.8, 4) is 23.3 Å². The van der Waals surface area contributed by atoms with Crippen LogP contribution in [-0.2, 0) is 4.79 Å². The quantitative estimate of drug-likeness (QED) is 0.936. The van der Waals surface area contributed by atoms with E-state index in [-0.39, 0.29) is 19.3 Å². The van der Waals surface area contributed by atoms with Gasteiger partial charge in [-0.25, -0.2) is 0 Å². The maximum Gasteiger partial charge on any atom is 0.262 e. The average Bonchev–Trinajstić information content (AvgIpc) is 3.01. The Bertz CT molecular complexity index is 735. The van der Waals surface area contributed by atoms with Gasteiger partial charge < -0.3 is 19.5 Å². The third-order valence-electron chi connectivity index (χ3n) is 3.01. The molecule has 110 valence electrons. The standard InChI is InChI=1S/C16H12N2O4/c17-8-11-1-3-12(4-2-11)18-16(19)9-20-13-5-6-14-15(7-13)22-10-21-14/h1-7H,9-10H2,(H,18,19). The highest BCUT2D eigenvalue weighted by atomic mass is 16.7. The predicted molar refractivity (Wildman–Crippen MR) is 77.8 cm³/mol. The van der Waals surface area contributed by atoms with E-state index in [9.17, 15) is 4.79 Å². The normalized spacial score (nSPS) is 11.6. The van der Waals surface area contributed by atoms with Crippen LogP contribution in [0, 0.1) is 11.3 Å². The molecular weight excluding hydrogens is 284 g/mol. The molecule has 2 aromatic rings. The zero-order chi connectivity index (χ0) is 15.4. The molecule has 0 saturated heterocycles. The summed E-state index contributed by atoms with van der Waals surface area (Å²) in [6.07, 6.45) is 0. The van der Waals surface area contributed by atoms with Crippen LogP contribution >= 0.6 is 0 Å². The summed E-state index contributed by atoms with van der Waals surface area (Å²) in [5.41, 5.74) is 1.15. The Labute approximate surface area is 126 Å². The first-order valence-corrected chi connectivity index (χ1v) is 6.57. The molecule has 1 aliphatic heterocycles. The minimum Gasteiger partial charge on any atom is -0.484 e. The molecular formula is C16H12N2O4. The van der Waals surface area contributed by atoms with Gasteiger partial charge in [-0.05, 0) is 36.4 Å². The summed E-state index contributed by atoms with van der Waals surface area (Å²) in [6, 6.07) is 13.7. The summed E-state index contributed by atoms with van der Waals surface area (Å²) in [5, 5.41) is 11.4. The SMILES string of the molecule is N#Cc1ccc(NC(=O)COc2ccc3c(c2)OCO3)cc1. The number of hydrogen-bond acceptors (Lipinski definition) is 5. The van der Waals surface area contributed by atoms with Crippen LogP contribution in [0.15, 0.2) is 42.5 Å². The van der Waals surface area contributed by atoms with Crippen molar-refractivity contribution in [2.75, 3.05) is 18.7 Å². The summed E-state index contributed by atoms with van der Waals surface area (Å²) in [4.78, 5) is 11.8. The lowest BCUT2D eigenvalue weighted by atomic mass is 10.2. The number of rotatable bonds is 4. The summed E-state index contributed by atoms with van der Waals surface area (Å²) in [5.74, 6) is 1.50. The highest BCUT2D eigenvalue weighted by Gasteiger charge is 2.14. The summed E-state index contributed by atoms with van der Waals surface area (Å²) in [7, 11) is 0. The number of benzene rings is 2. The lowest BCUT2D eigenvalue weighted by Gasteiger charge is -2.08. The first kappa shape index (κ1) is 13.8. The molecule has 0 aliphatic carbocycles. The number of anilines is 1. The highest BCUT2D eigenvalue weighted by molar-refractivity contribution is 5.91. The molecule has 1 heterocycles. The zero-order valence-corrected chi connectivity index (χ0v) is 11.5. The average molecular weight is 296 g/mol. The maximum atomic E-state index is 11.8. The molecule has 0 atom stereocenters. The number of amides is 1. The summed E-state index contributed by atoms with van der Waals surface area (Å²) < 4.78 is 15.8. The lowest BCUT2D eigenvalue weighted by molar-refractivity contribution is -0.118. The van der Waals surface area contributed by atoms with Crippen molar-refractivity contribution in [2.24, 2.45) is 0 Å². The smallest absolute Gasteiger partial charge is 0.262 e. The van der Waals surface area contributed by atoms with Crippen LogP contribution in [0.4, 0.5) is 5.69 Å². The molecule has 1 amide bonds. The molecule has 0 aromatic heterocycles. The van der Waals surface area contributed by atoms with Crippen molar-refractivity contribution < 1.29 is 19.0 Å². The van der Waals surface area contributed by atoms with E-state index >= 15 is 0 Å². The first-order valence-electron chi connectivity index (χ1n) is 6.57. The first-order chi connectivity index (χ1) is 10.7. The minimum atomic E-state index is -0.289. The molecule has 1 aliphatic rings. The monoisotopic (exact) mass is 296 g/mol. The maximum absolute atomic E-state index is 11.8. The van der Waals surface area contributed by atoms with Gasteiger partial charge >= 0.3 is 0 Å². The number of fused-ring (bicyclic) bond motifs is 1. The molecule has 1 N–H and O–H groups in total. The van der Waals surface area contributed by atoms with Gasteiger partial charge in [0.25, 0.3) is 5.91 Å². The van der Waals surface area contributed by atoms with Gasteiger partial charge in [-0.1, -0.05) is 0 Å². The van der Waals surface area contributed by atoms with Gasteiger partial charge in [0.15, 0.2) is 18.1 Å². The molecule has 0 radical (unpaired) electrons. The van der Waals surface area contributed by atoms with E-state index in [1.54, 1.807) is 42.5 Å². The number of nitriles is 1. The Balaban J connectivity index is 1.54. The highest BCUT2D eigenvalue weighted by Crippen LogP contribution is 2.35. The molecule has 6 heteroatoms. The third kappa shape index (κ3) is 3.10. The van der Waals surface area contributed by atoms with Crippen molar-refractivity contribution in [3.05, 3.63) is 48.0 Å². The Hall–Kier alpha value is -3.20. The third-order valence-corrected chi connectivity index (χ3v) is 3.01. The largest absolute Gasteiger partial charge is 0.484 e. The lowest BCUT2D eigenvalue weighted by Crippen LogP contribution is -2.20. The second-order valence-electron chi connectivity index (χ2n) is 4.54. The van der Waals surface area contributed by atoms with E-state index in [4.69, 9.17) is 19.5 Å². The molecule has 0 spiro atoms. The molecule has 2 aromatic carbocycles. The van der Waals surface area contributed by atoms with Gasteiger partial charge in [-0.3, -0.25) is 4.79 Å². The van der Waals surface area contributed by atoms with Gasteiger partial charge in [0.1, 0.15) is 5.75 Å². The second-order valence-corrected chi connectivity index (χ2v) is 4.54. The number of hydrogen-bond donors (Lipinski definition) is 1. The predicted octanol–water partition coefficient (Wildman–Crippen LogP) is 2.30. The Kier molecular flexibility index (Phi) is 3.79. The number of nitrogens with zero attached hydrogens (tertiary/aromatic N) is 1. The van der Waals surface area contributed by atoms with Crippen LogP contribution in [0.25, 0.3) is 0 Å². The zero-order valence-electron chi connectivity index (χ0n) is 11.5.